The van der Waals surface area contributed by atoms with Gasteiger partial charge in [0.25, 0.3) is 0 Å². The Labute approximate surface area is 167 Å². The molecule has 0 atom stereocenters. The molecule has 0 aliphatic rings. The van der Waals surface area contributed by atoms with Crippen LogP contribution in [0.5, 0.6) is 17.2 Å². The molecule has 7 nitrogen and oxygen atoms in total. The lowest BCUT2D eigenvalue weighted by atomic mass is 10.0. The number of nitrogens with two attached hydrogens (primary N) is 2. The number of benzene rings is 2. The molecule has 0 fully saturated rings. The highest BCUT2D eigenvalue weighted by atomic mass is 16.5. The summed E-state index contributed by atoms with van der Waals surface area (Å²) in [5.41, 5.74) is 16.8. The molecule has 4 aromatic rings. The van der Waals surface area contributed by atoms with Gasteiger partial charge in [0.05, 0.1) is 32.7 Å². The molecule has 0 saturated heterocycles. The van der Waals surface area contributed by atoms with Crippen LogP contribution < -0.4 is 25.7 Å². The van der Waals surface area contributed by atoms with Crippen molar-refractivity contribution in [1.82, 2.24) is 4.98 Å². The van der Waals surface area contributed by atoms with Crippen molar-refractivity contribution in [2.75, 3.05) is 32.8 Å². The summed E-state index contributed by atoms with van der Waals surface area (Å²) in [5, 5.41) is 0. The van der Waals surface area contributed by atoms with Gasteiger partial charge >= 0.3 is 0 Å². The van der Waals surface area contributed by atoms with E-state index in [1.165, 1.54) is 0 Å². The molecule has 0 aliphatic carbocycles. The van der Waals surface area contributed by atoms with Crippen LogP contribution in [-0.2, 0) is 0 Å². The maximum Gasteiger partial charge on any atom is 0.203 e. The van der Waals surface area contributed by atoms with Gasteiger partial charge in [0, 0.05) is 23.4 Å². The van der Waals surface area contributed by atoms with Gasteiger partial charge in [-0.2, -0.15) is 0 Å². The van der Waals surface area contributed by atoms with Crippen molar-refractivity contribution in [3.63, 3.8) is 0 Å². The van der Waals surface area contributed by atoms with E-state index in [0.29, 0.717) is 40.0 Å². The fourth-order valence-electron chi connectivity index (χ4n) is 3.27. The second kappa shape index (κ2) is 7.27. The minimum absolute atomic E-state index is 0.517. The normalized spacial score (nSPS) is 10.9. The van der Waals surface area contributed by atoms with Gasteiger partial charge < -0.3 is 30.1 Å². The molecule has 0 unspecified atom stereocenters. The van der Waals surface area contributed by atoms with Crippen LogP contribution in [0.25, 0.3) is 33.6 Å². The SMILES string of the molecule is COc1cc(-c2cc3nccc(-c4ccc(N)c(N)c4)c3o2)cc(OC)c1OC. The molecule has 0 bridgehead atoms. The molecule has 0 aliphatic heterocycles. The third-order valence-corrected chi connectivity index (χ3v) is 4.76. The summed E-state index contributed by atoms with van der Waals surface area (Å²) in [4.78, 5) is 4.44. The number of hydrogen-bond donors (Lipinski definition) is 2. The zero-order chi connectivity index (χ0) is 20.5. The van der Waals surface area contributed by atoms with Crippen molar-refractivity contribution in [3.8, 4) is 39.7 Å². The number of aromatic nitrogens is 1. The van der Waals surface area contributed by atoms with E-state index in [4.69, 9.17) is 30.1 Å². The number of pyridine rings is 1. The summed E-state index contributed by atoms with van der Waals surface area (Å²) in [6, 6.07) is 12.9. The largest absolute Gasteiger partial charge is 0.493 e. The van der Waals surface area contributed by atoms with Crippen LogP contribution in [-0.4, -0.2) is 26.3 Å². The smallest absolute Gasteiger partial charge is 0.203 e. The first-order valence-electron chi connectivity index (χ1n) is 8.90. The summed E-state index contributed by atoms with van der Waals surface area (Å²) >= 11 is 0. The maximum atomic E-state index is 6.20. The summed E-state index contributed by atoms with van der Waals surface area (Å²) in [5.74, 6) is 2.23. The number of rotatable bonds is 5. The van der Waals surface area contributed by atoms with E-state index < -0.39 is 0 Å². The van der Waals surface area contributed by atoms with Gasteiger partial charge in [-0.3, -0.25) is 4.98 Å². The first kappa shape index (κ1) is 18.5. The van der Waals surface area contributed by atoms with Crippen molar-refractivity contribution < 1.29 is 18.6 Å². The van der Waals surface area contributed by atoms with Crippen LogP contribution in [0.2, 0.25) is 0 Å². The van der Waals surface area contributed by atoms with Crippen molar-refractivity contribution in [2.24, 2.45) is 0 Å². The Kier molecular flexibility index (Phi) is 4.64. The van der Waals surface area contributed by atoms with Gasteiger partial charge in [-0.25, -0.2) is 0 Å². The Morgan fingerprint density at radius 3 is 2.14 bits per heavy atom. The predicted octanol–water partition coefficient (Wildman–Crippen LogP) is 4.35. The van der Waals surface area contributed by atoms with Gasteiger partial charge in [-0.15, -0.1) is 0 Å². The molecule has 4 rings (SSSR count). The third-order valence-electron chi connectivity index (χ3n) is 4.76. The number of ether oxygens (including phenoxy) is 3. The average molecular weight is 391 g/mol. The minimum atomic E-state index is 0.517. The average Bonchev–Trinajstić information content (AvgIpc) is 3.19. The number of fused-ring (bicyclic) bond motifs is 1. The molecule has 148 valence electrons. The molecule has 2 aromatic heterocycles. The predicted molar refractivity (Wildman–Crippen MR) is 113 cm³/mol. The van der Waals surface area contributed by atoms with E-state index >= 15 is 0 Å². The highest BCUT2D eigenvalue weighted by molar-refractivity contribution is 5.93. The highest BCUT2D eigenvalue weighted by Gasteiger charge is 2.18. The molecule has 4 N–H and O–H groups in total. The van der Waals surface area contributed by atoms with Crippen LogP contribution >= 0.6 is 0 Å². The molecular formula is C22H21N3O4. The van der Waals surface area contributed by atoms with Crippen molar-refractivity contribution in [1.29, 1.82) is 0 Å². The number of nitrogen functional groups attached to an aromatic ring is 2. The Balaban J connectivity index is 1.88. The minimum Gasteiger partial charge on any atom is -0.493 e. The summed E-state index contributed by atoms with van der Waals surface area (Å²) < 4.78 is 22.5. The monoisotopic (exact) mass is 391 g/mol. The van der Waals surface area contributed by atoms with E-state index in [2.05, 4.69) is 4.98 Å². The fraction of sp³-hybridized carbons (Fsp3) is 0.136. The van der Waals surface area contributed by atoms with Gasteiger partial charge in [0.15, 0.2) is 17.1 Å². The Hall–Kier alpha value is -3.87. The van der Waals surface area contributed by atoms with Gasteiger partial charge in [0.1, 0.15) is 11.3 Å². The second-order valence-corrected chi connectivity index (χ2v) is 6.44. The van der Waals surface area contributed by atoms with Gasteiger partial charge in [0.2, 0.25) is 5.75 Å². The molecule has 2 aromatic carbocycles. The lowest BCUT2D eigenvalue weighted by Crippen LogP contribution is -1.95. The van der Waals surface area contributed by atoms with Crippen molar-refractivity contribution in [2.45, 2.75) is 0 Å². The van der Waals surface area contributed by atoms with Gasteiger partial charge in [-0.1, -0.05) is 6.07 Å². The first-order chi connectivity index (χ1) is 14.0. The zero-order valence-corrected chi connectivity index (χ0v) is 16.4. The van der Waals surface area contributed by atoms with Crippen LogP contribution in [0.4, 0.5) is 11.4 Å². The van der Waals surface area contributed by atoms with Crippen LogP contribution in [0.1, 0.15) is 0 Å². The summed E-state index contributed by atoms with van der Waals surface area (Å²) in [7, 11) is 4.71. The molecule has 0 amide bonds. The number of hydrogen-bond acceptors (Lipinski definition) is 7. The quantitative estimate of drug-likeness (QED) is 0.487. The first-order valence-corrected chi connectivity index (χ1v) is 8.90. The number of anilines is 2. The molecule has 2 heterocycles. The van der Waals surface area contributed by atoms with E-state index in [-0.39, 0.29) is 0 Å². The zero-order valence-electron chi connectivity index (χ0n) is 16.4. The van der Waals surface area contributed by atoms with Crippen LogP contribution in [0, 0.1) is 0 Å². The van der Waals surface area contributed by atoms with E-state index in [9.17, 15) is 0 Å². The fourth-order valence-corrected chi connectivity index (χ4v) is 3.27. The van der Waals surface area contributed by atoms with E-state index in [1.807, 2.05) is 36.4 Å². The molecule has 0 spiro atoms. The lowest BCUT2D eigenvalue weighted by Gasteiger charge is -2.13. The summed E-state index contributed by atoms with van der Waals surface area (Å²) in [6.07, 6.45) is 1.73. The Morgan fingerprint density at radius 2 is 1.52 bits per heavy atom. The number of nitrogens with zero attached hydrogens (tertiary/aromatic N) is 1. The lowest BCUT2D eigenvalue weighted by molar-refractivity contribution is 0.324. The summed E-state index contributed by atoms with van der Waals surface area (Å²) in [6.45, 7) is 0. The van der Waals surface area contributed by atoms with Crippen LogP contribution in [0.15, 0.2) is 53.1 Å². The molecule has 0 radical (unpaired) electrons. The topological polar surface area (TPSA) is 106 Å². The second-order valence-electron chi connectivity index (χ2n) is 6.44. The van der Waals surface area contributed by atoms with Crippen molar-refractivity contribution >= 4 is 22.5 Å². The molecule has 7 heteroatoms. The molecule has 29 heavy (non-hydrogen) atoms. The van der Waals surface area contributed by atoms with Gasteiger partial charge in [-0.05, 0) is 35.9 Å². The molecular weight excluding hydrogens is 370 g/mol. The number of methoxy groups -OCH3 is 3. The van der Waals surface area contributed by atoms with E-state index in [0.717, 1.165) is 22.2 Å². The van der Waals surface area contributed by atoms with E-state index in [1.54, 1.807) is 33.6 Å². The maximum absolute atomic E-state index is 6.20. The third kappa shape index (κ3) is 3.16. The Morgan fingerprint density at radius 1 is 0.793 bits per heavy atom. The van der Waals surface area contributed by atoms with Crippen molar-refractivity contribution in [3.05, 3.63) is 48.7 Å². The Bertz CT molecular complexity index is 1180. The standard InChI is InChI=1S/C22H21N3O4/c1-26-19-9-13(10-20(27-2)22(19)28-3)18-11-17-21(29-18)14(6-7-25-17)12-4-5-15(23)16(24)8-12/h4-11H,23-24H2,1-3H3. The number of furan rings is 1. The molecule has 0 saturated carbocycles. The van der Waals surface area contributed by atoms with Crippen LogP contribution in [0.3, 0.4) is 0 Å². The highest BCUT2D eigenvalue weighted by Crippen LogP contribution is 2.43.